The second-order valence-electron chi connectivity index (χ2n) is 3.28. The van der Waals surface area contributed by atoms with Crippen LogP contribution in [0.15, 0.2) is 18.2 Å². The Morgan fingerprint density at radius 3 is 2.31 bits per heavy atom. The Morgan fingerprint density at radius 1 is 1.38 bits per heavy atom. The van der Waals surface area contributed by atoms with Crippen LogP contribution in [0.25, 0.3) is 0 Å². The third-order valence-corrected chi connectivity index (χ3v) is 1.80. The van der Waals surface area contributed by atoms with Gasteiger partial charge in [-0.25, -0.2) is 8.78 Å². The van der Waals surface area contributed by atoms with Crippen molar-refractivity contribution in [2.24, 2.45) is 5.73 Å². The van der Waals surface area contributed by atoms with E-state index in [0.29, 0.717) is 5.56 Å². The summed E-state index contributed by atoms with van der Waals surface area (Å²) in [7, 11) is 0. The average Bonchev–Trinajstić information content (AvgIpc) is 2.12. The van der Waals surface area contributed by atoms with Crippen molar-refractivity contribution >= 4 is 18.3 Å². The van der Waals surface area contributed by atoms with Crippen LogP contribution in [0, 0.1) is 11.6 Å². The van der Waals surface area contributed by atoms with Gasteiger partial charge < -0.3 is 11.1 Å². The number of nitrogens with one attached hydrogen (secondary N) is 1. The molecule has 1 aromatic carbocycles. The van der Waals surface area contributed by atoms with Crippen molar-refractivity contribution in [3.05, 3.63) is 35.4 Å². The molecule has 0 radical (unpaired) electrons. The quantitative estimate of drug-likeness (QED) is 0.851. The lowest BCUT2D eigenvalue weighted by molar-refractivity contribution is -0.122. The predicted octanol–water partition coefficient (Wildman–Crippen LogP) is 1.35. The van der Waals surface area contributed by atoms with Crippen LogP contribution in [0.1, 0.15) is 12.5 Å². The standard InChI is InChI=1S/C10H12F2N2O.ClH/c1-6(13)10(15)14-5-7-2-8(11)4-9(12)3-7;/h2-4,6H,5,13H2,1H3,(H,14,15);1H/t6-;/m0./s1. The van der Waals surface area contributed by atoms with Crippen LogP contribution >= 0.6 is 12.4 Å². The van der Waals surface area contributed by atoms with Crippen molar-refractivity contribution in [3.63, 3.8) is 0 Å². The Hall–Kier alpha value is -1.20. The maximum Gasteiger partial charge on any atom is 0.236 e. The highest BCUT2D eigenvalue weighted by molar-refractivity contribution is 5.85. The van der Waals surface area contributed by atoms with Crippen LogP contribution in [0.5, 0.6) is 0 Å². The van der Waals surface area contributed by atoms with Crippen LogP contribution in [0.3, 0.4) is 0 Å². The lowest BCUT2D eigenvalue weighted by Gasteiger charge is -2.07. The Morgan fingerprint density at radius 2 is 1.88 bits per heavy atom. The number of nitrogens with two attached hydrogens (primary N) is 1. The molecule has 6 heteroatoms. The van der Waals surface area contributed by atoms with Crippen LogP contribution in [0.2, 0.25) is 0 Å². The Balaban J connectivity index is 0.00000225. The molecule has 3 nitrogen and oxygen atoms in total. The molecular formula is C10H13ClF2N2O. The minimum absolute atomic E-state index is 0. The molecule has 0 saturated heterocycles. The molecule has 16 heavy (non-hydrogen) atoms. The minimum atomic E-state index is -0.667. The van der Waals surface area contributed by atoms with E-state index in [4.69, 9.17) is 5.73 Å². The fourth-order valence-corrected chi connectivity index (χ4v) is 1.06. The Bertz CT molecular complexity index is 352. The summed E-state index contributed by atoms with van der Waals surface area (Å²) in [5.41, 5.74) is 5.66. The van der Waals surface area contributed by atoms with Gasteiger partial charge in [0.25, 0.3) is 0 Å². The van der Waals surface area contributed by atoms with Crippen molar-refractivity contribution in [1.82, 2.24) is 5.32 Å². The molecule has 0 bridgehead atoms. The second kappa shape index (κ2) is 6.40. The molecule has 1 amide bonds. The van der Waals surface area contributed by atoms with E-state index in [9.17, 15) is 13.6 Å². The number of halogens is 3. The van der Waals surface area contributed by atoms with Crippen LogP contribution in [0.4, 0.5) is 8.78 Å². The van der Waals surface area contributed by atoms with Crippen molar-refractivity contribution in [3.8, 4) is 0 Å². The number of carbonyl (C=O) groups excluding carboxylic acids is 1. The van der Waals surface area contributed by atoms with Gasteiger partial charge in [0.15, 0.2) is 0 Å². The molecule has 1 atom stereocenters. The first kappa shape index (κ1) is 14.8. The number of benzene rings is 1. The molecule has 0 heterocycles. The molecule has 0 unspecified atom stereocenters. The summed E-state index contributed by atoms with van der Waals surface area (Å²) in [4.78, 5) is 11.1. The van der Waals surface area contributed by atoms with Gasteiger partial charge in [-0.1, -0.05) is 0 Å². The zero-order chi connectivity index (χ0) is 11.4. The molecule has 1 rings (SSSR count). The molecule has 0 spiro atoms. The molecule has 90 valence electrons. The summed E-state index contributed by atoms with van der Waals surface area (Å²) in [5.74, 6) is -1.69. The Kier molecular flexibility index (Phi) is 5.92. The van der Waals surface area contributed by atoms with E-state index < -0.39 is 17.7 Å². The first-order valence-electron chi connectivity index (χ1n) is 4.47. The summed E-state index contributed by atoms with van der Waals surface area (Å²) < 4.78 is 25.5. The first-order valence-corrected chi connectivity index (χ1v) is 4.47. The fraction of sp³-hybridized carbons (Fsp3) is 0.300. The topological polar surface area (TPSA) is 55.1 Å². The highest BCUT2D eigenvalue weighted by atomic mass is 35.5. The van der Waals surface area contributed by atoms with E-state index >= 15 is 0 Å². The molecular weight excluding hydrogens is 238 g/mol. The molecule has 1 aromatic rings. The SMILES string of the molecule is C[C@H](N)C(=O)NCc1cc(F)cc(F)c1.Cl. The largest absolute Gasteiger partial charge is 0.351 e. The summed E-state index contributed by atoms with van der Waals surface area (Å²) in [6.07, 6.45) is 0. The van der Waals surface area contributed by atoms with Gasteiger partial charge >= 0.3 is 0 Å². The van der Waals surface area contributed by atoms with Gasteiger partial charge in [0, 0.05) is 12.6 Å². The molecule has 3 N–H and O–H groups in total. The van der Waals surface area contributed by atoms with Gasteiger partial charge in [0.05, 0.1) is 6.04 Å². The number of carbonyl (C=O) groups is 1. The number of rotatable bonds is 3. The van der Waals surface area contributed by atoms with Gasteiger partial charge in [-0.2, -0.15) is 0 Å². The second-order valence-corrected chi connectivity index (χ2v) is 3.28. The molecule has 0 saturated carbocycles. The van der Waals surface area contributed by atoms with Gasteiger partial charge in [-0.05, 0) is 24.6 Å². The number of amides is 1. The van der Waals surface area contributed by atoms with Crippen LogP contribution in [-0.4, -0.2) is 11.9 Å². The minimum Gasteiger partial charge on any atom is -0.351 e. The highest BCUT2D eigenvalue weighted by Gasteiger charge is 2.07. The first-order chi connectivity index (χ1) is 6.99. The van der Waals surface area contributed by atoms with Gasteiger partial charge in [0.1, 0.15) is 11.6 Å². The van der Waals surface area contributed by atoms with Crippen LogP contribution < -0.4 is 11.1 Å². The lowest BCUT2D eigenvalue weighted by Crippen LogP contribution is -2.37. The summed E-state index contributed by atoms with van der Waals surface area (Å²) >= 11 is 0. The van der Waals surface area contributed by atoms with Crippen molar-refractivity contribution in [1.29, 1.82) is 0 Å². The van der Waals surface area contributed by atoms with Gasteiger partial charge in [-0.3, -0.25) is 4.79 Å². The monoisotopic (exact) mass is 250 g/mol. The van der Waals surface area contributed by atoms with E-state index in [1.807, 2.05) is 0 Å². The van der Waals surface area contributed by atoms with Crippen molar-refractivity contribution < 1.29 is 13.6 Å². The molecule has 0 fully saturated rings. The number of hydrogen-bond donors (Lipinski definition) is 2. The van der Waals surface area contributed by atoms with E-state index in [1.165, 1.54) is 6.92 Å². The normalized spacial score (nSPS) is 11.5. The predicted molar refractivity (Wildman–Crippen MR) is 59.1 cm³/mol. The van der Waals surface area contributed by atoms with E-state index in [2.05, 4.69) is 5.32 Å². The number of hydrogen-bond acceptors (Lipinski definition) is 2. The highest BCUT2D eigenvalue weighted by Crippen LogP contribution is 2.07. The van der Waals surface area contributed by atoms with Crippen molar-refractivity contribution in [2.45, 2.75) is 19.5 Å². The maximum atomic E-state index is 12.7. The smallest absolute Gasteiger partial charge is 0.236 e. The maximum absolute atomic E-state index is 12.7. The molecule has 0 aliphatic heterocycles. The average molecular weight is 251 g/mol. The summed E-state index contributed by atoms with van der Waals surface area (Å²) in [6, 6.07) is 2.45. The lowest BCUT2D eigenvalue weighted by atomic mass is 10.2. The zero-order valence-corrected chi connectivity index (χ0v) is 9.48. The van der Waals surface area contributed by atoms with Crippen LogP contribution in [-0.2, 0) is 11.3 Å². The molecule has 0 aliphatic rings. The fourth-order valence-electron chi connectivity index (χ4n) is 1.06. The van der Waals surface area contributed by atoms with Crippen molar-refractivity contribution in [2.75, 3.05) is 0 Å². The Labute approximate surface area is 98.4 Å². The molecule has 0 aromatic heterocycles. The van der Waals surface area contributed by atoms with E-state index in [1.54, 1.807) is 0 Å². The molecule has 0 aliphatic carbocycles. The van der Waals surface area contributed by atoms with Gasteiger partial charge in [0.2, 0.25) is 5.91 Å². The zero-order valence-electron chi connectivity index (χ0n) is 8.67. The third kappa shape index (κ3) is 4.55. The third-order valence-electron chi connectivity index (χ3n) is 1.80. The van der Waals surface area contributed by atoms with Gasteiger partial charge in [-0.15, -0.1) is 12.4 Å². The summed E-state index contributed by atoms with van der Waals surface area (Å²) in [6.45, 7) is 1.59. The van der Waals surface area contributed by atoms with E-state index in [0.717, 1.165) is 18.2 Å². The van der Waals surface area contributed by atoms with E-state index in [-0.39, 0.29) is 24.9 Å². The summed E-state index contributed by atoms with van der Waals surface area (Å²) in [5, 5.41) is 2.46.